The number of hydrogen-bond acceptors (Lipinski definition) is 2. The zero-order valence-electron chi connectivity index (χ0n) is 13.0. The highest BCUT2D eigenvalue weighted by atomic mass is 15.3. The molecule has 1 N–H and O–H groups in total. The number of hydrogen-bond donors (Lipinski definition) is 1. The monoisotopic (exact) mass is 264 g/mol. The summed E-state index contributed by atoms with van der Waals surface area (Å²) in [5.74, 6) is 1.03. The first-order valence-corrected chi connectivity index (χ1v) is 8.79. The minimum Gasteiger partial charge on any atom is -0.308 e. The molecule has 1 aliphatic heterocycles. The lowest BCUT2D eigenvalue weighted by Crippen LogP contribution is -2.65. The van der Waals surface area contributed by atoms with Crippen molar-refractivity contribution < 1.29 is 0 Å². The van der Waals surface area contributed by atoms with Gasteiger partial charge in [-0.25, -0.2) is 0 Å². The highest BCUT2D eigenvalue weighted by Crippen LogP contribution is 2.43. The molecule has 3 unspecified atom stereocenters. The Bertz CT molecular complexity index is 296. The summed E-state index contributed by atoms with van der Waals surface area (Å²) in [6.07, 6.45) is 12.8. The maximum Gasteiger partial charge on any atom is 0.0309 e. The lowest BCUT2D eigenvalue weighted by Gasteiger charge is -2.50. The highest BCUT2D eigenvalue weighted by Gasteiger charge is 2.48. The van der Waals surface area contributed by atoms with Crippen molar-refractivity contribution in [2.45, 2.75) is 89.3 Å². The van der Waals surface area contributed by atoms with E-state index >= 15 is 0 Å². The van der Waals surface area contributed by atoms with E-state index in [-0.39, 0.29) is 0 Å². The Morgan fingerprint density at radius 1 is 1.16 bits per heavy atom. The van der Waals surface area contributed by atoms with E-state index in [2.05, 4.69) is 24.1 Å². The summed E-state index contributed by atoms with van der Waals surface area (Å²) < 4.78 is 0. The van der Waals surface area contributed by atoms with Crippen LogP contribution in [0.15, 0.2) is 0 Å². The standard InChI is InChI=1S/C17H32N2/c1-3-8-14-11-16(14)19-13-17(9-6-5-7-10-17)18-12-15(19)4-2/h14-16,18H,3-13H2,1-2H3. The van der Waals surface area contributed by atoms with Crippen molar-refractivity contribution in [3.8, 4) is 0 Å². The Kier molecular flexibility index (Phi) is 4.19. The van der Waals surface area contributed by atoms with Gasteiger partial charge in [-0.2, -0.15) is 0 Å². The SMILES string of the molecule is CCCC1CC1N1CC2(CCCCC2)NCC1CC. The predicted octanol–water partition coefficient (Wildman–Crippen LogP) is 3.56. The second-order valence-electron chi connectivity index (χ2n) is 7.31. The first-order valence-electron chi connectivity index (χ1n) is 8.79. The maximum absolute atomic E-state index is 3.95. The Labute approximate surface area is 119 Å². The summed E-state index contributed by atoms with van der Waals surface area (Å²) in [6, 6.07) is 1.74. The topological polar surface area (TPSA) is 15.3 Å². The zero-order valence-corrected chi connectivity index (χ0v) is 13.0. The van der Waals surface area contributed by atoms with Crippen LogP contribution in [-0.2, 0) is 0 Å². The van der Waals surface area contributed by atoms with Crippen LogP contribution in [0.1, 0.15) is 71.6 Å². The van der Waals surface area contributed by atoms with Crippen molar-refractivity contribution in [2.75, 3.05) is 13.1 Å². The Balaban J connectivity index is 1.65. The fourth-order valence-corrected chi connectivity index (χ4v) is 4.64. The molecule has 3 rings (SSSR count). The van der Waals surface area contributed by atoms with Gasteiger partial charge >= 0.3 is 0 Å². The van der Waals surface area contributed by atoms with E-state index in [0.29, 0.717) is 5.54 Å². The molecule has 0 aromatic heterocycles. The van der Waals surface area contributed by atoms with Gasteiger partial charge in [-0.3, -0.25) is 4.90 Å². The molecule has 2 heteroatoms. The van der Waals surface area contributed by atoms with Crippen molar-refractivity contribution >= 4 is 0 Å². The summed E-state index contributed by atoms with van der Waals surface area (Å²) in [6.45, 7) is 7.30. The summed E-state index contributed by atoms with van der Waals surface area (Å²) in [5.41, 5.74) is 0.489. The second kappa shape index (κ2) is 5.73. The largest absolute Gasteiger partial charge is 0.308 e. The number of rotatable bonds is 4. The van der Waals surface area contributed by atoms with Crippen LogP contribution in [0.3, 0.4) is 0 Å². The first-order chi connectivity index (χ1) is 9.28. The fourth-order valence-electron chi connectivity index (χ4n) is 4.64. The molecule has 0 radical (unpaired) electrons. The molecule has 2 saturated carbocycles. The molecular weight excluding hydrogens is 232 g/mol. The molecule has 0 aromatic carbocycles. The van der Waals surface area contributed by atoms with E-state index in [1.807, 2.05) is 0 Å². The van der Waals surface area contributed by atoms with E-state index in [9.17, 15) is 0 Å². The molecule has 0 amide bonds. The van der Waals surface area contributed by atoms with Gasteiger partial charge in [0, 0.05) is 30.7 Å². The normalized spacial score (nSPS) is 38.5. The minimum absolute atomic E-state index is 0.489. The first kappa shape index (κ1) is 13.9. The quantitative estimate of drug-likeness (QED) is 0.835. The van der Waals surface area contributed by atoms with E-state index in [4.69, 9.17) is 0 Å². The predicted molar refractivity (Wildman–Crippen MR) is 81.4 cm³/mol. The molecule has 110 valence electrons. The van der Waals surface area contributed by atoms with Crippen molar-refractivity contribution in [3.05, 3.63) is 0 Å². The third-order valence-corrected chi connectivity index (χ3v) is 5.92. The molecule has 2 nitrogen and oxygen atoms in total. The van der Waals surface area contributed by atoms with Gasteiger partial charge in [0.1, 0.15) is 0 Å². The number of nitrogens with zero attached hydrogens (tertiary/aromatic N) is 1. The van der Waals surface area contributed by atoms with Crippen molar-refractivity contribution in [1.82, 2.24) is 10.2 Å². The van der Waals surface area contributed by atoms with Crippen LogP contribution >= 0.6 is 0 Å². The molecule has 1 heterocycles. The molecular formula is C17H32N2. The molecule has 1 spiro atoms. The van der Waals surface area contributed by atoms with Gasteiger partial charge in [0.25, 0.3) is 0 Å². The van der Waals surface area contributed by atoms with E-state index in [1.165, 1.54) is 70.9 Å². The lowest BCUT2D eigenvalue weighted by molar-refractivity contribution is 0.0441. The zero-order chi connectivity index (χ0) is 13.3. The van der Waals surface area contributed by atoms with Crippen LogP contribution in [-0.4, -0.2) is 35.6 Å². The van der Waals surface area contributed by atoms with Gasteiger partial charge in [-0.1, -0.05) is 39.5 Å². The van der Waals surface area contributed by atoms with Gasteiger partial charge < -0.3 is 5.32 Å². The molecule has 0 bridgehead atoms. The van der Waals surface area contributed by atoms with E-state index in [1.54, 1.807) is 0 Å². The van der Waals surface area contributed by atoms with Gasteiger partial charge in [0.2, 0.25) is 0 Å². The summed E-state index contributed by atoms with van der Waals surface area (Å²) >= 11 is 0. The molecule has 3 fully saturated rings. The van der Waals surface area contributed by atoms with Crippen LogP contribution in [0.5, 0.6) is 0 Å². The Morgan fingerprint density at radius 2 is 1.95 bits per heavy atom. The van der Waals surface area contributed by atoms with Crippen LogP contribution in [0, 0.1) is 5.92 Å². The molecule has 19 heavy (non-hydrogen) atoms. The van der Waals surface area contributed by atoms with Crippen LogP contribution in [0.2, 0.25) is 0 Å². The average molecular weight is 264 g/mol. The van der Waals surface area contributed by atoms with Gasteiger partial charge in [0.05, 0.1) is 0 Å². The van der Waals surface area contributed by atoms with Gasteiger partial charge in [0.15, 0.2) is 0 Å². The summed E-state index contributed by atoms with van der Waals surface area (Å²) in [5, 5.41) is 3.95. The van der Waals surface area contributed by atoms with Gasteiger partial charge in [-0.05, 0) is 38.0 Å². The van der Waals surface area contributed by atoms with Gasteiger partial charge in [-0.15, -0.1) is 0 Å². The second-order valence-corrected chi connectivity index (χ2v) is 7.31. The lowest BCUT2D eigenvalue weighted by atomic mass is 9.79. The van der Waals surface area contributed by atoms with E-state index in [0.717, 1.165) is 18.0 Å². The van der Waals surface area contributed by atoms with E-state index < -0.39 is 0 Å². The third kappa shape index (κ3) is 2.85. The molecule has 0 aromatic rings. The number of nitrogens with one attached hydrogen (secondary N) is 1. The fraction of sp³-hybridized carbons (Fsp3) is 1.00. The number of piperazine rings is 1. The third-order valence-electron chi connectivity index (χ3n) is 5.92. The Morgan fingerprint density at radius 3 is 2.63 bits per heavy atom. The average Bonchev–Trinajstić information content (AvgIpc) is 3.19. The Hall–Kier alpha value is -0.0800. The minimum atomic E-state index is 0.489. The van der Waals surface area contributed by atoms with Crippen molar-refractivity contribution in [1.29, 1.82) is 0 Å². The smallest absolute Gasteiger partial charge is 0.0309 e. The highest BCUT2D eigenvalue weighted by molar-refractivity contribution is 5.05. The van der Waals surface area contributed by atoms with Crippen LogP contribution in [0.4, 0.5) is 0 Å². The van der Waals surface area contributed by atoms with Crippen LogP contribution in [0.25, 0.3) is 0 Å². The summed E-state index contributed by atoms with van der Waals surface area (Å²) in [7, 11) is 0. The molecule has 1 saturated heterocycles. The summed E-state index contributed by atoms with van der Waals surface area (Å²) in [4.78, 5) is 2.92. The molecule has 3 atom stereocenters. The van der Waals surface area contributed by atoms with Crippen molar-refractivity contribution in [3.63, 3.8) is 0 Å². The van der Waals surface area contributed by atoms with Crippen molar-refractivity contribution in [2.24, 2.45) is 5.92 Å². The maximum atomic E-state index is 3.95. The molecule has 3 aliphatic rings. The van der Waals surface area contributed by atoms with Crippen LogP contribution < -0.4 is 5.32 Å². The molecule has 2 aliphatic carbocycles.